The van der Waals surface area contributed by atoms with Crippen LogP contribution in [0.1, 0.15) is 73.1 Å². The molecule has 27 heavy (non-hydrogen) atoms. The Morgan fingerprint density at radius 1 is 1.22 bits per heavy atom. The molecule has 158 valence electrons. The molecule has 1 saturated heterocycles. The van der Waals surface area contributed by atoms with Gasteiger partial charge in [0.25, 0.3) is 0 Å². The molecule has 0 aromatic carbocycles. The van der Waals surface area contributed by atoms with Gasteiger partial charge in [-0.15, -0.1) is 0 Å². The number of β-amino-alcohol motifs (C(OH)–C–C–N with tert-alkyl or cyclic N) is 1. The Hall–Kier alpha value is -1.14. The van der Waals surface area contributed by atoms with Crippen LogP contribution in [-0.2, 0) is 14.3 Å². The maximum absolute atomic E-state index is 12.9. The zero-order chi connectivity index (χ0) is 20.7. The summed E-state index contributed by atoms with van der Waals surface area (Å²) in [5, 5.41) is 13.0. The molecule has 0 aliphatic carbocycles. The fourth-order valence-corrected chi connectivity index (χ4v) is 4.24. The summed E-state index contributed by atoms with van der Waals surface area (Å²) < 4.78 is 5.20. The summed E-state index contributed by atoms with van der Waals surface area (Å²) in [5.74, 6) is 0.175. The molecule has 6 heteroatoms. The van der Waals surface area contributed by atoms with Gasteiger partial charge in [0.05, 0.1) is 18.8 Å². The summed E-state index contributed by atoms with van der Waals surface area (Å²) in [7, 11) is 1.62. The van der Waals surface area contributed by atoms with Crippen LogP contribution < -0.4 is 5.32 Å². The van der Waals surface area contributed by atoms with E-state index in [9.17, 15) is 14.7 Å². The van der Waals surface area contributed by atoms with Gasteiger partial charge >= 0.3 is 0 Å². The minimum Gasteiger partial charge on any atom is -0.391 e. The van der Waals surface area contributed by atoms with E-state index in [0.29, 0.717) is 39.0 Å². The Bertz CT molecular complexity index is 491. The molecule has 2 N–H and O–H groups in total. The van der Waals surface area contributed by atoms with Crippen molar-refractivity contribution in [3.63, 3.8) is 0 Å². The zero-order valence-electron chi connectivity index (χ0n) is 18.1. The van der Waals surface area contributed by atoms with E-state index in [2.05, 4.69) is 39.9 Å². The smallest absolute Gasteiger partial charge is 0.223 e. The molecule has 2 unspecified atom stereocenters. The van der Waals surface area contributed by atoms with Crippen molar-refractivity contribution in [2.75, 3.05) is 26.8 Å². The van der Waals surface area contributed by atoms with Crippen LogP contribution in [0.2, 0.25) is 0 Å². The Kier molecular flexibility index (Phi) is 9.22. The first-order chi connectivity index (χ1) is 12.5. The van der Waals surface area contributed by atoms with E-state index in [4.69, 9.17) is 4.74 Å². The quantitative estimate of drug-likeness (QED) is 0.574. The number of hydrogen-bond donors (Lipinski definition) is 2. The highest BCUT2D eigenvalue weighted by molar-refractivity contribution is 5.77. The molecule has 1 aliphatic heterocycles. The second-order valence-corrected chi connectivity index (χ2v) is 9.61. The first-order valence-corrected chi connectivity index (χ1v) is 10.2. The first-order valence-electron chi connectivity index (χ1n) is 10.2. The van der Waals surface area contributed by atoms with Crippen LogP contribution in [0, 0.1) is 10.8 Å². The van der Waals surface area contributed by atoms with E-state index in [-0.39, 0.29) is 28.7 Å². The highest BCUT2D eigenvalue weighted by Gasteiger charge is 2.38. The highest BCUT2D eigenvalue weighted by atomic mass is 16.5. The van der Waals surface area contributed by atoms with Crippen molar-refractivity contribution in [2.45, 2.75) is 85.3 Å². The minimum absolute atomic E-state index is 0.0424. The van der Waals surface area contributed by atoms with Crippen molar-refractivity contribution in [2.24, 2.45) is 10.8 Å². The molecule has 0 spiro atoms. The van der Waals surface area contributed by atoms with Gasteiger partial charge in [-0.3, -0.25) is 9.59 Å². The Balaban J connectivity index is 2.57. The number of ether oxygens (including phenoxy) is 1. The van der Waals surface area contributed by atoms with Gasteiger partial charge < -0.3 is 20.1 Å². The fraction of sp³-hybridized carbons (Fsp3) is 0.905. The van der Waals surface area contributed by atoms with Crippen molar-refractivity contribution in [3.05, 3.63) is 0 Å². The molecule has 0 aromatic heterocycles. The van der Waals surface area contributed by atoms with Crippen LogP contribution in [0.4, 0.5) is 0 Å². The van der Waals surface area contributed by atoms with Gasteiger partial charge in [-0.2, -0.15) is 0 Å². The van der Waals surface area contributed by atoms with E-state index in [0.717, 1.165) is 19.3 Å². The second kappa shape index (κ2) is 10.4. The molecule has 1 rings (SSSR count). The molecule has 0 saturated carbocycles. The molecule has 1 heterocycles. The molecule has 0 aromatic rings. The van der Waals surface area contributed by atoms with Crippen LogP contribution in [0.25, 0.3) is 0 Å². The lowest BCUT2D eigenvalue weighted by atomic mass is 9.73. The number of likely N-dealkylation sites (tertiary alicyclic amines) is 1. The summed E-state index contributed by atoms with van der Waals surface area (Å²) in [6, 6.07) is -0.0424. The van der Waals surface area contributed by atoms with Gasteiger partial charge in [0.1, 0.15) is 0 Å². The minimum atomic E-state index is -0.466. The predicted molar refractivity (Wildman–Crippen MR) is 107 cm³/mol. The SMILES string of the molecule is CCCCC(=O)NCC(C)(C)CC(C)(C)CC(=O)N1CC(O)CC1COC. The number of rotatable bonds is 11. The lowest BCUT2D eigenvalue weighted by molar-refractivity contribution is -0.135. The maximum atomic E-state index is 12.9. The number of carbonyl (C=O) groups excluding carboxylic acids is 2. The number of nitrogens with one attached hydrogen (secondary N) is 1. The fourth-order valence-electron chi connectivity index (χ4n) is 4.24. The first kappa shape index (κ1) is 23.9. The van der Waals surface area contributed by atoms with Gasteiger partial charge in [0.15, 0.2) is 0 Å². The number of amides is 2. The van der Waals surface area contributed by atoms with Crippen LogP contribution in [-0.4, -0.2) is 60.8 Å². The summed E-state index contributed by atoms with van der Waals surface area (Å²) in [6.45, 7) is 12.0. The number of aliphatic hydroxyl groups is 1. The van der Waals surface area contributed by atoms with Crippen molar-refractivity contribution in [1.29, 1.82) is 0 Å². The normalized spacial score (nSPS) is 20.8. The number of carbonyl (C=O) groups is 2. The Morgan fingerprint density at radius 3 is 2.48 bits per heavy atom. The van der Waals surface area contributed by atoms with Crippen molar-refractivity contribution >= 4 is 11.8 Å². The molecular formula is C21H40N2O4. The lowest BCUT2D eigenvalue weighted by Crippen LogP contribution is -2.42. The number of aliphatic hydroxyl groups excluding tert-OH is 1. The third-order valence-electron chi connectivity index (χ3n) is 5.18. The van der Waals surface area contributed by atoms with Crippen molar-refractivity contribution in [3.8, 4) is 0 Å². The van der Waals surface area contributed by atoms with Gasteiger partial charge in [0.2, 0.25) is 11.8 Å². The number of unbranched alkanes of at least 4 members (excludes halogenated alkanes) is 1. The topological polar surface area (TPSA) is 78.9 Å². The molecule has 6 nitrogen and oxygen atoms in total. The Labute approximate surface area is 165 Å². The molecular weight excluding hydrogens is 344 g/mol. The molecule has 2 atom stereocenters. The summed E-state index contributed by atoms with van der Waals surface area (Å²) in [5.41, 5.74) is -0.290. The van der Waals surface area contributed by atoms with Crippen molar-refractivity contribution < 1.29 is 19.4 Å². The van der Waals surface area contributed by atoms with E-state index in [1.807, 2.05) is 0 Å². The standard InChI is InChI=1S/C21H40N2O4/c1-7-8-9-18(25)22-15-21(4,5)14-20(2,3)11-19(26)23-12-17(24)10-16(23)13-27-6/h16-17,24H,7-15H2,1-6H3,(H,22,25). The third-order valence-corrected chi connectivity index (χ3v) is 5.18. The number of hydrogen-bond acceptors (Lipinski definition) is 4. The average Bonchev–Trinajstić information content (AvgIpc) is 2.90. The molecule has 1 aliphatic rings. The molecule has 0 radical (unpaired) electrons. The monoisotopic (exact) mass is 384 g/mol. The Morgan fingerprint density at radius 2 is 1.89 bits per heavy atom. The van der Waals surface area contributed by atoms with Gasteiger partial charge in [-0.25, -0.2) is 0 Å². The predicted octanol–water partition coefficient (Wildman–Crippen LogP) is 2.73. The molecule has 1 fully saturated rings. The lowest BCUT2D eigenvalue weighted by Gasteiger charge is -2.36. The largest absolute Gasteiger partial charge is 0.391 e. The van der Waals surface area contributed by atoms with E-state index >= 15 is 0 Å². The van der Waals surface area contributed by atoms with Gasteiger partial charge in [-0.1, -0.05) is 41.0 Å². The third kappa shape index (κ3) is 8.60. The van der Waals surface area contributed by atoms with E-state index in [1.165, 1.54) is 0 Å². The van der Waals surface area contributed by atoms with Crippen LogP contribution in [0.15, 0.2) is 0 Å². The summed E-state index contributed by atoms with van der Waals surface area (Å²) in [4.78, 5) is 26.5. The maximum Gasteiger partial charge on any atom is 0.223 e. The number of nitrogens with zero attached hydrogens (tertiary/aromatic N) is 1. The summed E-state index contributed by atoms with van der Waals surface area (Å²) in [6.07, 6.45) is 3.87. The summed E-state index contributed by atoms with van der Waals surface area (Å²) >= 11 is 0. The van der Waals surface area contributed by atoms with Crippen LogP contribution in [0.3, 0.4) is 0 Å². The van der Waals surface area contributed by atoms with E-state index in [1.54, 1.807) is 12.0 Å². The highest BCUT2D eigenvalue weighted by Crippen LogP contribution is 2.37. The molecule has 2 amide bonds. The van der Waals surface area contributed by atoms with E-state index < -0.39 is 6.10 Å². The van der Waals surface area contributed by atoms with Crippen molar-refractivity contribution in [1.82, 2.24) is 10.2 Å². The zero-order valence-corrected chi connectivity index (χ0v) is 18.1. The molecule has 0 bridgehead atoms. The van der Waals surface area contributed by atoms with Crippen LogP contribution >= 0.6 is 0 Å². The number of methoxy groups -OCH3 is 1. The average molecular weight is 385 g/mol. The van der Waals surface area contributed by atoms with Crippen LogP contribution in [0.5, 0.6) is 0 Å². The van der Waals surface area contributed by atoms with Gasteiger partial charge in [0, 0.05) is 33.0 Å². The van der Waals surface area contributed by atoms with Gasteiger partial charge in [-0.05, 0) is 30.1 Å². The second-order valence-electron chi connectivity index (χ2n) is 9.61.